The minimum atomic E-state index is -0.369. The zero-order valence-electron chi connectivity index (χ0n) is 14.7. The minimum Gasteiger partial charge on any atom is -0.462 e. The number of carbonyl (C=O) groups excluding carboxylic acids is 2. The molecule has 1 aromatic heterocycles. The van der Waals surface area contributed by atoms with Gasteiger partial charge in [0.2, 0.25) is 5.91 Å². The van der Waals surface area contributed by atoms with Gasteiger partial charge in [0.15, 0.2) is 0 Å². The van der Waals surface area contributed by atoms with Gasteiger partial charge in [0.05, 0.1) is 12.2 Å². The second-order valence-corrected chi connectivity index (χ2v) is 6.78. The summed E-state index contributed by atoms with van der Waals surface area (Å²) in [7, 11) is 0. The number of esters is 1. The van der Waals surface area contributed by atoms with E-state index in [0.717, 1.165) is 21.9 Å². The average molecular weight is 428 g/mol. The van der Waals surface area contributed by atoms with Gasteiger partial charge in [0.1, 0.15) is 11.3 Å². The standard InChI is InChI=1S/C21H18BrNO4/c1-2-11-26-21(25)14-3-6-17(7-4-14)23-20(24)10-8-18-13-15-12-16(22)5-9-19(15)27-18/h3-10,12-13H,2,11H2,1H3,(H,23,24). The second-order valence-electron chi connectivity index (χ2n) is 5.87. The Morgan fingerprint density at radius 3 is 2.67 bits per heavy atom. The van der Waals surface area contributed by atoms with Crippen molar-refractivity contribution in [3.05, 3.63) is 70.4 Å². The number of hydrogen-bond acceptors (Lipinski definition) is 4. The summed E-state index contributed by atoms with van der Waals surface area (Å²) in [6, 6.07) is 14.1. The molecular weight excluding hydrogens is 410 g/mol. The molecule has 6 heteroatoms. The van der Waals surface area contributed by atoms with E-state index in [9.17, 15) is 9.59 Å². The van der Waals surface area contributed by atoms with Crippen LogP contribution in [0.4, 0.5) is 5.69 Å². The smallest absolute Gasteiger partial charge is 0.338 e. The van der Waals surface area contributed by atoms with Crippen LogP contribution in [0, 0.1) is 0 Å². The number of ether oxygens (including phenoxy) is 1. The molecule has 0 aliphatic heterocycles. The van der Waals surface area contributed by atoms with Gasteiger partial charge < -0.3 is 14.5 Å². The number of rotatable bonds is 6. The molecule has 0 radical (unpaired) electrons. The van der Waals surface area contributed by atoms with Crippen LogP contribution in [-0.4, -0.2) is 18.5 Å². The summed E-state index contributed by atoms with van der Waals surface area (Å²) in [4.78, 5) is 23.8. The zero-order chi connectivity index (χ0) is 19.2. The molecule has 1 N–H and O–H groups in total. The zero-order valence-corrected chi connectivity index (χ0v) is 16.3. The fraction of sp³-hybridized carbons (Fsp3) is 0.143. The van der Waals surface area contributed by atoms with Crippen molar-refractivity contribution in [3.63, 3.8) is 0 Å². The van der Waals surface area contributed by atoms with Crippen molar-refractivity contribution in [2.75, 3.05) is 11.9 Å². The molecule has 0 fully saturated rings. The monoisotopic (exact) mass is 427 g/mol. The summed E-state index contributed by atoms with van der Waals surface area (Å²) >= 11 is 3.41. The van der Waals surface area contributed by atoms with Crippen LogP contribution in [-0.2, 0) is 9.53 Å². The molecule has 138 valence electrons. The van der Waals surface area contributed by atoms with E-state index in [-0.39, 0.29) is 11.9 Å². The van der Waals surface area contributed by atoms with Gasteiger partial charge in [-0.05, 0) is 61.0 Å². The third-order valence-corrected chi connectivity index (χ3v) is 4.22. The number of nitrogens with one attached hydrogen (secondary N) is 1. The Kier molecular flexibility index (Phi) is 6.08. The van der Waals surface area contributed by atoms with Crippen molar-refractivity contribution in [1.29, 1.82) is 0 Å². The molecular formula is C21H18BrNO4. The van der Waals surface area contributed by atoms with Gasteiger partial charge in [0.25, 0.3) is 0 Å². The number of fused-ring (bicyclic) bond motifs is 1. The van der Waals surface area contributed by atoms with Crippen LogP contribution in [0.1, 0.15) is 29.5 Å². The van der Waals surface area contributed by atoms with E-state index < -0.39 is 0 Å². The third-order valence-electron chi connectivity index (χ3n) is 3.72. The Balaban J connectivity index is 1.61. The molecule has 1 amide bonds. The average Bonchev–Trinajstić information content (AvgIpc) is 3.07. The number of furan rings is 1. The normalized spacial score (nSPS) is 11.0. The minimum absolute atomic E-state index is 0.294. The number of carbonyl (C=O) groups is 2. The molecule has 2 aromatic carbocycles. The van der Waals surface area contributed by atoms with Crippen LogP contribution in [0.25, 0.3) is 17.0 Å². The Bertz CT molecular complexity index is 989. The molecule has 5 nitrogen and oxygen atoms in total. The van der Waals surface area contributed by atoms with Gasteiger partial charge in [0, 0.05) is 21.6 Å². The fourth-order valence-electron chi connectivity index (χ4n) is 2.43. The molecule has 0 atom stereocenters. The van der Waals surface area contributed by atoms with Crippen molar-refractivity contribution in [2.24, 2.45) is 0 Å². The van der Waals surface area contributed by atoms with Gasteiger partial charge in [-0.15, -0.1) is 0 Å². The number of anilines is 1. The summed E-state index contributed by atoms with van der Waals surface area (Å²) in [5.41, 5.74) is 1.79. The van der Waals surface area contributed by atoms with Gasteiger partial charge in [-0.2, -0.15) is 0 Å². The highest BCUT2D eigenvalue weighted by Crippen LogP contribution is 2.24. The van der Waals surface area contributed by atoms with E-state index in [1.165, 1.54) is 6.08 Å². The van der Waals surface area contributed by atoms with E-state index in [1.54, 1.807) is 30.3 Å². The lowest BCUT2D eigenvalue weighted by Gasteiger charge is -2.05. The molecule has 0 spiro atoms. The summed E-state index contributed by atoms with van der Waals surface area (Å²) < 4.78 is 11.7. The molecule has 1 heterocycles. The van der Waals surface area contributed by atoms with Crippen LogP contribution in [0.5, 0.6) is 0 Å². The van der Waals surface area contributed by atoms with Crippen molar-refractivity contribution < 1.29 is 18.7 Å². The number of benzene rings is 2. The largest absolute Gasteiger partial charge is 0.462 e. The number of amides is 1. The van der Waals surface area contributed by atoms with E-state index >= 15 is 0 Å². The molecule has 0 saturated heterocycles. The van der Waals surface area contributed by atoms with E-state index in [4.69, 9.17) is 9.15 Å². The van der Waals surface area contributed by atoms with Gasteiger partial charge in [-0.1, -0.05) is 22.9 Å². The Morgan fingerprint density at radius 2 is 1.93 bits per heavy atom. The van der Waals surface area contributed by atoms with E-state index in [1.807, 2.05) is 31.2 Å². The van der Waals surface area contributed by atoms with Crippen LogP contribution in [0.2, 0.25) is 0 Å². The van der Waals surface area contributed by atoms with E-state index in [0.29, 0.717) is 23.6 Å². The van der Waals surface area contributed by atoms with Crippen molar-refractivity contribution in [2.45, 2.75) is 13.3 Å². The van der Waals surface area contributed by atoms with Gasteiger partial charge >= 0.3 is 5.97 Å². The number of hydrogen-bond donors (Lipinski definition) is 1. The summed E-state index contributed by atoms with van der Waals surface area (Å²) in [6.07, 6.45) is 3.78. The maximum Gasteiger partial charge on any atom is 0.338 e. The molecule has 0 aliphatic rings. The molecule has 0 saturated carbocycles. The number of halogens is 1. The predicted molar refractivity (Wildman–Crippen MR) is 109 cm³/mol. The summed E-state index contributed by atoms with van der Waals surface area (Å²) in [5, 5.41) is 3.69. The van der Waals surface area contributed by atoms with Crippen molar-refractivity contribution in [1.82, 2.24) is 0 Å². The molecule has 3 rings (SSSR count). The second kappa shape index (κ2) is 8.68. The van der Waals surface area contributed by atoms with E-state index in [2.05, 4.69) is 21.2 Å². The van der Waals surface area contributed by atoms with Crippen LogP contribution < -0.4 is 5.32 Å². The molecule has 0 unspecified atom stereocenters. The first-order valence-electron chi connectivity index (χ1n) is 8.50. The van der Waals surface area contributed by atoms with Crippen molar-refractivity contribution in [3.8, 4) is 0 Å². The van der Waals surface area contributed by atoms with Crippen LogP contribution >= 0.6 is 15.9 Å². The Hall–Kier alpha value is -2.86. The lowest BCUT2D eigenvalue weighted by atomic mass is 10.2. The fourth-order valence-corrected chi connectivity index (χ4v) is 2.81. The lowest BCUT2D eigenvalue weighted by molar-refractivity contribution is -0.111. The molecule has 0 aliphatic carbocycles. The topological polar surface area (TPSA) is 68.5 Å². The van der Waals surface area contributed by atoms with Crippen molar-refractivity contribution >= 4 is 50.5 Å². The summed E-state index contributed by atoms with van der Waals surface area (Å²) in [5.74, 6) is -0.0728. The highest BCUT2D eigenvalue weighted by atomic mass is 79.9. The summed E-state index contributed by atoms with van der Waals surface area (Å²) in [6.45, 7) is 2.32. The molecule has 3 aromatic rings. The van der Waals surface area contributed by atoms with Gasteiger partial charge in [-0.3, -0.25) is 4.79 Å². The predicted octanol–water partition coefficient (Wildman–Crippen LogP) is 5.41. The Labute approximate surface area is 165 Å². The first-order valence-corrected chi connectivity index (χ1v) is 9.30. The quantitative estimate of drug-likeness (QED) is 0.421. The lowest BCUT2D eigenvalue weighted by Crippen LogP contribution is -2.09. The highest BCUT2D eigenvalue weighted by molar-refractivity contribution is 9.10. The molecule has 0 bridgehead atoms. The van der Waals surface area contributed by atoms with Gasteiger partial charge in [-0.25, -0.2) is 4.79 Å². The molecule has 27 heavy (non-hydrogen) atoms. The van der Waals surface area contributed by atoms with Crippen LogP contribution in [0.15, 0.2) is 63.5 Å². The Morgan fingerprint density at radius 1 is 1.15 bits per heavy atom. The highest BCUT2D eigenvalue weighted by Gasteiger charge is 2.07. The first-order chi connectivity index (χ1) is 13.0. The van der Waals surface area contributed by atoms with Crippen LogP contribution in [0.3, 0.4) is 0 Å². The maximum absolute atomic E-state index is 12.1. The third kappa shape index (κ3) is 5.08. The first kappa shape index (κ1) is 18.9. The maximum atomic E-state index is 12.1. The SMILES string of the molecule is CCCOC(=O)c1ccc(NC(=O)C=Cc2cc3cc(Br)ccc3o2)cc1.